The summed E-state index contributed by atoms with van der Waals surface area (Å²) in [6.07, 6.45) is 3.36. The van der Waals surface area contributed by atoms with Crippen molar-refractivity contribution in [1.29, 1.82) is 0 Å². The molecule has 92 valence electrons. The first-order valence-electron chi connectivity index (χ1n) is 5.59. The van der Waals surface area contributed by atoms with Crippen LogP contribution in [0.1, 0.15) is 26.7 Å². The van der Waals surface area contributed by atoms with Crippen LogP contribution >= 0.6 is 0 Å². The summed E-state index contributed by atoms with van der Waals surface area (Å²) in [6, 6.07) is 4.51. The fourth-order valence-corrected chi connectivity index (χ4v) is 1.50. The van der Waals surface area contributed by atoms with E-state index in [1.165, 1.54) is 17.3 Å². The maximum absolute atomic E-state index is 13.7. The van der Waals surface area contributed by atoms with Crippen LogP contribution in [0.5, 0.6) is 0 Å². The van der Waals surface area contributed by atoms with Gasteiger partial charge in [0.1, 0.15) is 5.69 Å². The molecule has 1 rings (SSSR count). The summed E-state index contributed by atoms with van der Waals surface area (Å²) in [5, 5.41) is 5.73. The number of nitrogens with two attached hydrogens (primary N) is 1. The van der Waals surface area contributed by atoms with Crippen LogP contribution in [0.15, 0.2) is 36.1 Å². The van der Waals surface area contributed by atoms with Gasteiger partial charge in [-0.15, -0.1) is 0 Å². The number of nitrogens with zero attached hydrogens (tertiary/aromatic N) is 2. The van der Waals surface area contributed by atoms with Crippen molar-refractivity contribution in [2.24, 2.45) is 5.10 Å². The standard InChI is InChI=1S/C13H18FN3/c1-4-6-10(3)16-17(5-2)13-8-7-11(15)9-12(13)14/h5,7-9H,2,4,6,15H2,1,3H3/b16-10-. The second kappa shape index (κ2) is 6.03. The number of benzene rings is 1. The van der Waals surface area contributed by atoms with E-state index in [4.69, 9.17) is 5.73 Å². The zero-order valence-corrected chi connectivity index (χ0v) is 10.3. The third kappa shape index (κ3) is 3.59. The average Bonchev–Trinajstić information content (AvgIpc) is 2.27. The first-order chi connectivity index (χ1) is 8.08. The van der Waals surface area contributed by atoms with Gasteiger partial charge in [-0.2, -0.15) is 5.10 Å². The minimum Gasteiger partial charge on any atom is -0.399 e. The highest BCUT2D eigenvalue weighted by molar-refractivity contribution is 5.83. The summed E-state index contributed by atoms with van der Waals surface area (Å²) in [7, 11) is 0. The van der Waals surface area contributed by atoms with Gasteiger partial charge >= 0.3 is 0 Å². The first-order valence-corrected chi connectivity index (χ1v) is 5.59. The van der Waals surface area contributed by atoms with E-state index in [1.807, 2.05) is 6.92 Å². The molecule has 3 nitrogen and oxygen atoms in total. The molecule has 4 heteroatoms. The molecule has 0 aliphatic carbocycles. The zero-order valence-electron chi connectivity index (χ0n) is 10.3. The number of rotatable bonds is 5. The van der Waals surface area contributed by atoms with Crippen molar-refractivity contribution in [3.63, 3.8) is 0 Å². The Labute approximate surface area is 101 Å². The number of halogens is 1. The van der Waals surface area contributed by atoms with E-state index in [-0.39, 0.29) is 0 Å². The summed E-state index contributed by atoms with van der Waals surface area (Å²) >= 11 is 0. The van der Waals surface area contributed by atoms with Gasteiger partial charge in [0.25, 0.3) is 0 Å². The van der Waals surface area contributed by atoms with Gasteiger partial charge in [0.05, 0.1) is 0 Å². The molecule has 0 fully saturated rings. The van der Waals surface area contributed by atoms with Crippen molar-refractivity contribution in [2.75, 3.05) is 10.7 Å². The van der Waals surface area contributed by atoms with Gasteiger partial charge in [0.15, 0.2) is 5.82 Å². The molecule has 2 N–H and O–H groups in total. The molecule has 0 bridgehead atoms. The highest BCUT2D eigenvalue weighted by Crippen LogP contribution is 2.22. The summed E-state index contributed by atoms with van der Waals surface area (Å²) in [6.45, 7) is 7.62. The highest BCUT2D eigenvalue weighted by atomic mass is 19.1. The second-order valence-electron chi connectivity index (χ2n) is 3.82. The van der Waals surface area contributed by atoms with E-state index in [9.17, 15) is 4.39 Å². The zero-order chi connectivity index (χ0) is 12.8. The van der Waals surface area contributed by atoms with Crippen LogP contribution in [0.4, 0.5) is 15.8 Å². The monoisotopic (exact) mass is 235 g/mol. The number of nitrogen functional groups attached to an aromatic ring is 1. The van der Waals surface area contributed by atoms with Crippen LogP contribution in [0.25, 0.3) is 0 Å². The smallest absolute Gasteiger partial charge is 0.150 e. The lowest BCUT2D eigenvalue weighted by atomic mass is 10.2. The molecule has 0 aromatic heterocycles. The predicted molar refractivity (Wildman–Crippen MR) is 71.5 cm³/mol. The normalized spacial score (nSPS) is 11.4. The molecule has 0 unspecified atom stereocenters. The Morgan fingerprint density at radius 3 is 2.82 bits per heavy atom. The predicted octanol–water partition coefficient (Wildman–Crippen LogP) is 3.53. The minimum atomic E-state index is -0.405. The quantitative estimate of drug-likeness (QED) is 0.482. The van der Waals surface area contributed by atoms with E-state index < -0.39 is 5.82 Å². The number of hydrogen-bond acceptors (Lipinski definition) is 3. The number of hydrazone groups is 1. The SMILES string of the molecule is C=CN(/N=C(/C)CCC)c1ccc(N)cc1F. The molecule has 0 saturated carbocycles. The Hall–Kier alpha value is -1.84. The van der Waals surface area contributed by atoms with E-state index in [0.717, 1.165) is 18.6 Å². The summed E-state index contributed by atoms with van der Waals surface area (Å²) in [5.74, 6) is -0.405. The largest absolute Gasteiger partial charge is 0.399 e. The van der Waals surface area contributed by atoms with E-state index in [2.05, 4.69) is 18.6 Å². The Kier molecular flexibility index (Phi) is 4.69. The summed E-state index contributed by atoms with van der Waals surface area (Å²) in [5.41, 5.74) is 7.18. The van der Waals surface area contributed by atoms with E-state index >= 15 is 0 Å². The van der Waals surface area contributed by atoms with Gasteiger partial charge in [0.2, 0.25) is 0 Å². The van der Waals surface area contributed by atoms with E-state index in [0.29, 0.717) is 11.4 Å². The topological polar surface area (TPSA) is 41.6 Å². The van der Waals surface area contributed by atoms with Crippen molar-refractivity contribution in [3.05, 3.63) is 36.8 Å². The van der Waals surface area contributed by atoms with Crippen LogP contribution in [0.3, 0.4) is 0 Å². The van der Waals surface area contributed by atoms with E-state index in [1.54, 1.807) is 12.1 Å². The maximum atomic E-state index is 13.7. The summed E-state index contributed by atoms with van der Waals surface area (Å²) in [4.78, 5) is 0. The van der Waals surface area contributed by atoms with Crippen molar-refractivity contribution < 1.29 is 4.39 Å². The van der Waals surface area contributed by atoms with Gasteiger partial charge in [-0.05, 0) is 31.5 Å². The Bertz CT molecular complexity index is 427. The van der Waals surface area contributed by atoms with Crippen molar-refractivity contribution in [1.82, 2.24) is 0 Å². The van der Waals surface area contributed by atoms with Crippen LogP contribution in [-0.2, 0) is 0 Å². The molecular formula is C13H18FN3. The van der Waals surface area contributed by atoms with Crippen LogP contribution in [-0.4, -0.2) is 5.71 Å². The Morgan fingerprint density at radius 2 is 2.29 bits per heavy atom. The molecule has 0 atom stereocenters. The molecule has 0 heterocycles. The van der Waals surface area contributed by atoms with Crippen molar-refractivity contribution >= 4 is 17.1 Å². The number of hydrogen-bond donors (Lipinski definition) is 1. The summed E-state index contributed by atoms with van der Waals surface area (Å²) < 4.78 is 13.7. The maximum Gasteiger partial charge on any atom is 0.150 e. The molecule has 1 aromatic rings. The molecule has 0 radical (unpaired) electrons. The van der Waals surface area contributed by atoms with Gasteiger partial charge in [-0.1, -0.05) is 19.9 Å². The van der Waals surface area contributed by atoms with Crippen LogP contribution in [0, 0.1) is 5.82 Å². The molecule has 1 aromatic carbocycles. The third-order valence-corrected chi connectivity index (χ3v) is 2.28. The number of anilines is 2. The lowest BCUT2D eigenvalue weighted by molar-refractivity contribution is 0.626. The van der Waals surface area contributed by atoms with Gasteiger partial charge in [-0.3, -0.25) is 0 Å². The molecule has 17 heavy (non-hydrogen) atoms. The lowest BCUT2D eigenvalue weighted by Crippen LogP contribution is -2.12. The molecule has 0 amide bonds. The van der Waals surface area contributed by atoms with Crippen molar-refractivity contribution in [3.8, 4) is 0 Å². The highest BCUT2D eigenvalue weighted by Gasteiger charge is 2.08. The molecule has 0 aliphatic heterocycles. The third-order valence-electron chi connectivity index (χ3n) is 2.28. The molecular weight excluding hydrogens is 217 g/mol. The van der Waals surface area contributed by atoms with Crippen LogP contribution < -0.4 is 10.7 Å². The molecule has 0 saturated heterocycles. The molecule has 0 aliphatic rings. The second-order valence-corrected chi connectivity index (χ2v) is 3.82. The first kappa shape index (κ1) is 13.2. The Balaban J connectivity index is 3.01. The average molecular weight is 235 g/mol. The minimum absolute atomic E-state index is 0.352. The molecule has 0 spiro atoms. The fourth-order valence-electron chi connectivity index (χ4n) is 1.50. The Morgan fingerprint density at radius 1 is 1.59 bits per heavy atom. The fraction of sp³-hybridized carbons (Fsp3) is 0.308. The lowest BCUT2D eigenvalue weighted by Gasteiger charge is -2.16. The van der Waals surface area contributed by atoms with Gasteiger partial charge < -0.3 is 5.73 Å². The van der Waals surface area contributed by atoms with Crippen molar-refractivity contribution in [2.45, 2.75) is 26.7 Å². The van der Waals surface area contributed by atoms with Gasteiger partial charge in [-0.25, -0.2) is 9.40 Å². The van der Waals surface area contributed by atoms with Crippen LogP contribution in [0.2, 0.25) is 0 Å². The van der Waals surface area contributed by atoms with Gasteiger partial charge in [0, 0.05) is 17.6 Å².